The summed E-state index contributed by atoms with van der Waals surface area (Å²) in [6.07, 6.45) is 0.827. The Morgan fingerprint density at radius 1 is 1.24 bits per heavy atom. The number of hydrogen-bond acceptors (Lipinski definition) is 4. The Bertz CT molecular complexity index is 780. The summed E-state index contributed by atoms with van der Waals surface area (Å²) < 4.78 is 0.873. The monoisotopic (exact) mass is 419 g/mol. The molecule has 0 atom stereocenters. The lowest BCUT2D eigenvalue weighted by Crippen LogP contribution is -2.40. The lowest BCUT2D eigenvalue weighted by atomic mass is 10.1. The van der Waals surface area contributed by atoms with Gasteiger partial charge in [-0.05, 0) is 52.2 Å². The maximum absolute atomic E-state index is 12.5. The number of benzene rings is 1. The van der Waals surface area contributed by atoms with E-state index in [1.165, 1.54) is 11.3 Å². The smallest absolute Gasteiger partial charge is 0.261 e. The predicted octanol–water partition coefficient (Wildman–Crippen LogP) is 3.55. The van der Waals surface area contributed by atoms with Crippen LogP contribution in [0.2, 0.25) is 0 Å². The summed E-state index contributed by atoms with van der Waals surface area (Å²) in [7, 11) is 0. The highest BCUT2D eigenvalue weighted by atomic mass is 79.9. The molecule has 0 spiro atoms. The number of carbonyl (C=O) groups excluding carboxylic acids is 2. The fraction of sp³-hybridized carbons (Fsp3) is 0.278. The van der Waals surface area contributed by atoms with Crippen molar-refractivity contribution in [3.8, 4) is 6.07 Å². The molecule has 0 aliphatic heterocycles. The maximum atomic E-state index is 12.5. The summed E-state index contributed by atoms with van der Waals surface area (Å²) in [6, 6.07) is 12.8. The van der Waals surface area contributed by atoms with Gasteiger partial charge in [-0.3, -0.25) is 9.59 Å². The van der Waals surface area contributed by atoms with Crippen LogP contribution in [0.25, 0.3) is 0 Å². The van der Waals surface area contributed by atoms with Crippen molar-refractivity contribution in [1.29, 1.82) is 5.26 Å². The molecule has 0 aliphatic rings. The first-order valence-corrected chi connectivity index (χ1v) is 9.44. The molecule has 130 valence electrons. The molecule has 0 saturated carbocycles. The maximum Gasteiger partial charge on any atom is 0.261 e. The summed E-state index contributed by atoms with van der Waals surface area (Å²) in [6.45, 7) is 3.03. The fourth-order valence-electron chi connectivity index (χ4n) is 2.26. The average molecular weight is 420 g/mol. The number of halogens is 1. The molecule has 0 aliphatic carbocycles. The Hall–Kier alpha value is -2.17. The third kappa shape index (κ3) is 5.69. The highest BCUT2D eigenvalue weighted by molar-refractivity contribution is 9.11. The van der Waals surface area contributed by atoms with E-state index in [0.717, 1.165) is 15.8 Å². The van der Waals surface area contributed by atoms with E-state index < -0.39 is 0 Å². The topological polar surface area (TPSA) is 73.2 Å². The molecule has 2 amide bonds. The molecule has 1 aromatic carbocycles. The number of nitrogens with one attached hydrogen (secondary N) is 1. The van der Waals surface area contributed by atoms with Crippen LogP contribution in [0.1, 0.15) is 34.1 Å². The first-order valence-electron chi connectivity index (χ1n) is 7.83. The van der Waals surface area contributed by atoms with Crippen molar-refractivity contribution in [3.63, 3.8) is 0 Å². The summed E-state index contributed by atoms with van der Waals surface area (Å²) in [5, 5.41) is 11.5. The Kier molecular flexibility index (Phi) is 7.16. The van der Waals surface area contributed by atoms with Gasteiger partial charge >= 0.3 is 0 Å². The van der Waals surface area contributed by atoms with Gasteiger partial charge in [-0.15, -0.1) is 11.3 Å². The minimum absolute atomic E-state index is 0.0371. The molecule has 25 heavy (non-hydrogen) atoms. The van der Waals surface area contributed by atoms with Gasteiger partial charge in [-0.25, -0.2) is 0 Å². The number of nitrogens with zero attached hydrogens (tertiary/aromatic N) is 2. The summed E-state index contributed by atoms with van der Waals surface area (Å²) in [5.74, 6) is -0.381. The molecule has 0 unspecified atom stereocenters. The van der Waals surface area contributed by atoms with Crippen LogP contribution in [0, 0.1) is 11.3 Å². The molecule has 0 radical (unpaired) electrons. The number of carbonyl (C=O) groups is 2. The van der Waals surface area contributed by atoms with E-state index in [-0.39, 0.29) is 18.4 Å². The van der Waals surface area contributed by atoms with Crippen molar-refractivity contribution < 1.29 is 9.59 Å². The zero-order valence-corrected chi connectivity index (χ0v) is 16.2. The zero-order valence-electron chi connectivity index (χ0n) is 13.8. The van der Waals surface area contributed by atoms with E-state index in [4.69, 9.17) is 5.26 Å². The second-order valence-electron chi connectivity index (χ2n) is 5.41. The van der Waals surface area contributed by atoms with Crippen molar-refractivity contribution in [2.24, 2.45) is 0 Å². The van der Waals surface area contributed by atoms with Gasteiger partial charge in [0.05, 0.1) is 26.8 Å². The molecular weight excluding hydrogens is 402 g/mol. The van der Waals surface area contributed by atoms with Crippen LogP contribution in [-0.2, 0) is 11.3 Å². The van der Waals surface area contributed by atoms with Crippen molar-refractivity contribution in [3.05, 3.63) is 56.2 Å². The van der Waals surface area contributed by atoms with Crippen LogP contribution in [0.4, 0.5) is 0 Å². The SMILES string of the molecule is CCCN(Cc1ccc(C#N)cc1)C(=O)CNC(=O)c1ccc(Br)s1. The molecule has 1 heterocycles. The number of hydrogen-bond donors (Lipinski definition) is 1. The normalized spacial score (nSPS) is 10.1. The fourth-order valence-corrected chi connectivity index (χ4v) is 3.56. The third-order valence-corrected chi connectivity index (χ3v) is 5.12. The van der Waals surface area contributed by atoms with E-state index >= 15 is 0 Å². The van der Waals surface area contributed by atoms with Crippen LogP contribution >= 0.6 is 27.3 Å². The number of rotatable bonds is 7. The molecule has 0 saturated heterocycles. The quantitative estimate of drug-likeness (QED) is 0.745. The predicted molar refractivity (Wildman–Crippen MR) is 101 cm³/mol. The van der Waals surface area contributed by atoms with Gasteiger partial charge in [0.25, 0.3) is 5.91 Å². The number of amides is 2. The highest BCUT2D eigenvalue weighted by Gasteiger charge is 2.16. The van der Waals surface area contributed by atoms with Crippen LogP contribution in [0.5, 0.6) is 0 Å². The molecular formula is C18H18BrN3O2S. The molecule has 1 aromatic heterocycles. The van der Waals surface area contributed by atoms with Gasteiger partial charge in [-0.2, -0.15) is 5.26 Å². The van der Waals surface area contributed by atoms with Crippen molar-refractivity contribution >= 4 is 39.1 Å². The van der Waals surface area contributed by atoms with E-state index in [1.54, 1.807) is 29.2 Å². The molecule has 7 heteroatoms. The average Bonchev–Trinajstić information content (AvgIpc) is 3.06. The highest BCUT2D eigenvalue weighted by Crippen LogP contribution is 2.21. The first-order chi connectivity index (χ1) is 12.0. The molecule has 5 nitrogen and oxygen atoms in total. The van der Waals surface area contributed by atoms with Crippen molar-refractivity contribution in [2.75, 3.05) is 13.1 Å². The zero-order chi connectivity index (χ0) is 18.2. The molecule has 2 rings (SSSR count). The Balaban J connectivity index is 1.94. The first kappa shape index (κ1) is 19.2. The van der Waals surface area contributed by atoms with Crippen molar-refractivity contribution in [2.45, 2.75) is 19.9 Å². The molecule has 2 aromatic rings. The third-order valence-electron chi connectivity index (χ3n) is 3.50. The lowest BCUT2D eigenvalue weighted by molar-refractivity contribution is -0.130. The van der Waals surface area contributed by atoms with Gasteiger partial charge in [0.2, 0.25) is 5.91 Å². The van der Waals surface area contributed by atoms with Crippen molar-refractivity contribution in [1.82, 2.24) is 10.2 Å². The number of nitriles is 1. The van der Waals surface area contributed by atoms with E-state index in [0.29, 0.717) is 23.5 Å². The molecule has 0 fully saturated rings. The van der Waals surface area contributed by atoms with Gasteiger partial charge in [0.1, 0.15) is 0 Å². The minimum Gasteiger partial charge on any atom is -0.342 e. The second-order valence-corrected chi connectivity index (χ2v) is 7.87. The number of thiophene rings is 1. The Labute approximate surface area is 159 Å². The van der Waals surface area contributed by atoms with Gasteiger partial charge in [-0.1, -0.05) is 19.1 Å². The Morgan fingerprint density at radius 3 is 2.52 bits per heavy atom. The van der Waals surface area contributed by atoms with Crippen LogP contribution in [0.3, 0.4) is 0 Å². The van der Waals surface area contributed by atoms with Gasteiger partial charge < -0.3 is 10.2 Å². The van der Waals surface area contributed by atoms with Crippen LogP contribution in [0.15, 0.2) is 40.2 Å². The largest absolute Gasteiger partial charge is 0.342 e. The standard InChI is InChI=1S/C18H18BrN3O2S/c1-2-9-22(12-14-5-3-13(10-20)4-6-14)17(23)11-21-18(24)15-7-8-16(19)25-15/h3-8H,2,9,11-12H2,1H3,(H,21,24). The Morgan fingerprint density at radius 2 is 1.96 bits per heavy atom. The van der Waals surface area contributed by atoms with E-state index in [9.17, 15) is 9.59 Å². The molecule has 1 N–H and O–H groups in total. The summed E-state index contributed by atoms with van der Waals surface area (Å²) >= 11 is 4.64. The molecule has 0 bridgehead atoms. The van der Waals surface area contributed by atoms with E-state index in [1.807, 2.05) is 19.1 Å². The summed E-state index contributed by atoms with van der Waals surface area (Å²) in [5.41, 5.74) is 1.54. The van der Waals surface area contributed by atoms with Gasteiger partial charge in [0.15, 0.2) is 0 Å². The lowest BCUT2D eigenvalue weighted by Gasteiger charge is -2.22. The summed E-state index contributed by atoms with van der Waals surface area (Å²) in [4.78, 5) is 26.8. The minimum atomic E-state index is -0.251. The second kappa shape index (κ2) is 9.35. The van der Waals surface area contributed by atoms with E-state index in [2.05, 4.69) is 27.3 Å². The van der Waals surface area contributed by atoms with Crippen LogP contribution < -0.4 is 5.32 Å². The van der Waals surface area contributed by atoms with Gasteiger partial charge in [0, 0.05) is 13.1 Å². The van der Waals surface area contributed by atoms with Crippen LogP contribution in [-0.4, -0.2) is 29.8 Å².